The molecule has 1 amide bonds. The minimum atomic E-state index is -0.220. The highest BCUT2D eigenvalue weighted by Gasteiger charge is 2.20. The van der Waals surface area contributed by atoms with Crippen LogP contribution in [0, 0.1) is 6.92 Å². The fourth-order valence-electron chi connectivity index (χ4n) is 1.96. The molecule has 1 aromatic carbocycles. The predicted molar refractivity (Wildman–Crippen MR) is 70.0 cm³/mol. The number of benzene rings is 1. The van der Waals surface area contributed by atoms with Crippen molar-refractivity contribution in [3.05, 3.63) is 42.8 Å². The zero-order valence-corrected chi connectivity index (χ0v) is 10.5. The fraction of sp³-hybridized carbons (Fsp3) is 0.429. The average Bonchev–Trinajstić information content (AvgIpc) is 2.46. The number of hydrogen-bond acceptors (Lipinski definition) is 3. The van der Waals surface area contributed by atoms with Crippen molar-refractivity contribution in [2.45, 2.75) is 6.61 Å². The highest BCUT2D eigenvalue weighted by molar-refractivity contribution is 5.67. The third kappa shape index (κ3) is 3.47. The summed E-state index contributed by atoms with van der Waals surface area (Å²) < 4.78 is 5.29. The summed E-state index contributed by atoms with van der Waals surface area (Å²) in [6.45, 7) is 8.20. The van der Waals surface area contributed by atoms with E-state index in [4.69, 9.17) is 4.74 Å². The van der Waals surface area contributed by atoms with Gasteiger partial charge in [0.25, 0.3) is 0 Å². The van der Waals surface area contributed by atoms with Gasteiger partial charge in [-0.1, -0.05) is 30.3 Å². The molecule has 0 spiro atoms. The molecule has 1 fully saturated rings. The maximum Gasteiger partial charge on any atom is 0.410 e. The second-order valence-corrected chi connectivity index (χ2v) is 4.37. The summed E-state index contributed by atoms with van der Waals surface area (Å²) in [7, 11) is 0. The monoisotopic (exact) mass is 247 g/mol. The minimum absolute atomic E-state index is 0.220. The lowest BCUT2D eigenvalue weighted by Crippen LogP contribution is -2.48. The summed E-state index contributed by atoms with van der Waals surface area (Å²) in [6.07, 6.45) is -0.220. The van der Waals surface area contributed by atoms with Crippen LogP contribution in [-0.2, 0) is 11.3 Å². The van der Waals surface area contributed by atoms with Crippen molar-refractivity contribution in [2.24, 2.45) is 0 Å². The zero-order chi connectivity index (χ0) is 12.8. The zero-order valence-electron chi connectivity index (χ0n) is 10.5. The molecular weight excluding hydrogens is 228 g/mol. The van der Waals surface area contributed by atoms with E-state index in [1.54, 1.807) is 4.90 Å². The predicted octanol–water partition coefficient (Wildman–Crippen LogP) is 1.77. The van der Waals surface area contributed by atoms with Gasteiger partial charge >= 0.3 is 6.09 Å². The Hall–Kier alpha value is -1.55. The number of carbonyl (C=O) groups is 1. The number of hydrogen-bond donors (Lipinski definition) is 0. The molecule has 0 bridgehead atoms. The largest absolute Gasteiger partial charge is 0.445 e. The van der Waals surface area contributed by atoms with E-state index in [0.29, 0.717) is 6.61 Å². The Morgan fingerprint density at radius 2 is 1.83 bits per heavy atom. The Kier molecular flexibility index (Phi) is 4.59. The molecule has 2 rings (SSSR count). The number of nitrogens with zero attached hydrogens (tertiary/aromatic N) is 2. The summed E-state index contributed by atoms with van der Waals surface area (Å²) in [5.74, 6) is 0. The highest BCUT2D eigenvalue weighted by atomic mass is 16.6. The molecule has 97 valence electrons. The smallest absolute Gasteiger partial charge is 0.410 e. The second kappa shape index (κ2) is 6.40. The first-order chi connectivity index (χ1) is 8.79. The van der Waals surface area contributed by atoms with Gasteiger partial charge in [-0.05, 0) is 19.0 Å². The molecule has 0 aliphatic carbocycles. The number of rotatable bonds is 3. The fourth-order valence-corrected chi connectivity index (χ4v) is 1.96. The van der Waals surface area contributed by atoms with Crippen molar-refractivity contribution >= 4 is 6.09 Å². The van der Waals surface area contributed by atoms with Gasteiger partial charge in [-0.15, -0.1) is 0 Å². The van der Waals surface area contributed by atoms with E-state index in [1.165, 1.54) is 0 Å². The molecule has 4 nitrogen and oxygen atoms in total. The maximum absolute atomic E-state index is 11.8. The third-order valence-electron chi connectivity index (χ3n) is 3.15. The molecular formula is C14H19N2O2. The van der Waals surface area contributed by atoms with Gasteiger partial charge in [0.05, 0.1) is 0 Å². The summed E-state index contributed by atoms with van der Waals surface area (Å²) >= 11 is 0. The van der Waals surface area contributed by atoms with Crippen molar-refractivity contribution in [1.82, 2.24) is 9.80 Å². The quantitative estimate of drug-likeness (QED) is 0.816. The Morgan fingerprint density at radius 1 is 1.17 bits per heavy atom. The van der Waals surface area contributed by atoms with Crippen LogP contribution >= 0.6 is 0 Å². The lowest BCUT2D eigenvalue weighted by atomic mass is 10.2. The topological polar surface area (TPSA) is 32.8 Å². The van der Waals surface area contributed by atoms with Crippen LogP contribution in [0.4, 0.5) is 4.79 Å². The van der Waals surface area contributed by atoms with E-state index < -0.39 is 0 Å². The van der Waals surface area contributed by atoms with Crippen LogP contribution in [-0.4, -0.2) is 48.6 Å². The Balaban J connectivity index is 1.75. The Labute approximate surface area is 108 Å². The van der Waals surface area contributed by atoms with E-state index in [0.717, 1.165) is 38.3 Å². The molecule has 1 radical (unpaired) electrons. The van der Waals surface area contributed by atoms with Crippen molar-refractivity contribution < 1.29 is 9.53 Å². The normalized spacial score (nSPS) is 16.6. The van der Waals surface area contributed by atoms with E-state index in [2.05, 4.69) is 11.8 Å². The van der Waals surface area contributed by atoms with Crippen LogP contribution in [0.5, 0.6) is 0 Å². The van der Waals surface area contributed by atoms with Crippen LogP contribution in [0.2, 0.25) is 0 Å². The molecule has 4 heteroatoms. The molecule has 1 aliphatic rings. The molecule has 1 saturated heterocycles. The molecule has 0 unspecified atom stereocenters. The first kappa shape index (κ1) is 12.9. The lowest BCUT2D eigenvalue weighted by Gasteiger charge is -2.33. The number of piperazine rings is 1. The van der Waals surface area contributed by atoms with Crippen LogP contribution < -0.4 is 0 Å². The van der Waals surface area contributed by atoms with Crippen molar-refractivity contribution in [2.75, 3.05) is 32.7 Å². The van der Waals surface area contributed by atoms with Crippen LogP contribution in [0.3, 0.4) is 0 Å². The Bertz CT molecular complexity index is 373. The third-order valence-corrected chi connectivity index (χ3v) is 3.15. The summed E-state index contributed by atoms with van der Waals surface area (Å²) in [5.41, 5.74) is 1.02. The van der Waals surface area contributed by atoms with Gasteiger partial charge in [0.15, 0.2) is 0 Å². The lowest BCUT2D eigenvalue weighted by molar-refractivity contribution is 0.0740. The summed E-state index contributed by atoms with van der Waals surface area (Å²) in [5, 5.41) is 0. The Morgan fingerprint density at radius 3 is 2.44 bits per heavy atom. The molecule has 1 heterocycles. The van der Waals surface area contributed by atoms with Gasteiger partial charge in [-0.3, -0.25) is 4.90 Å². The van der Waals surface area contributed by atoms with E-state index in [1.807, 2.05) is 30.3 Å². The van der Waals surface area contributed by atoms with Gasteiger partial charge in [-0.2, -0.15) is 0 Å². The molecule has 0 aromatic heterocycles. The summed E-state index contributed by atoms with van der Waals surface area (Å²) in [4.78, 5) is 15.8. The van der Waals surface area contributed by atoms with Gasteiger partial charge in [0, 0.05) is 26.2 Å². The SMILES string of the molecule is [CH2]CN1CCN(C(=O)OCc2ccccc2)CC1. The molecule has 18 heavy (non-hydrogen) atoms. The van der Waals surface area contributed by atoms with Gasteiger partial charge in [0.1, 0.15) is 6.61 Å². The van der Waals surface area contributed by atoms with Crippen molar-refractivity contribution in [3.63, 3.8) is 0 Å². The maximum atomic E-state index is 11.8. The number of ether oxygens (including phenoxy) is 1. The minimum Gasteiger partial charge on any atom is -0.445 e. The van der Waals surface area contributed by atoms with E-state index in [9.17, 15) is 4.79 Å². The molecule has 0 N–H and O–H groups in total. The van der Waals surface area contributed by atoms with Crippen LogP contribution in [0.1, 0.15) is 5.56 Å². The highest BCUT2D eigenvalue weighted by Crippen LogP contribution is 2.06. The van der Waals surface area contributed by atoms with E-state index >= 15 is 0 Å². The first-order valence-electron chi connectivity index (χ1n) is 6.27. The van der Waals surface area contributed by atoms with Crippen LogP contribution in [0.25, 0.3) is 0 Å². The van der Waals surface area contributed by atoms with Gasteiger partial charge in [-0.25, -0.2) is 4.79 Å². The number of carbonyl (C=O) groups excluding carboxylic acids is 1. The second-order valence-electron chi connectivity index (χ2n) is 4.37. The first-order valence-corrected chi connectivity index (χ1v) is 6.27. The van der Waals surface area contributed by atoms with Crippen molar-refractivity contribution in [1.29, 1.82) is 0 Å². The standard InChI is InChI=1S/C14H19N2O2/c1-2-15-8-10-16(11-9-15)14(17)18-12-13-6-4-3-5-7-13/h3-7H,1-2,8-12H2. The van der Waals surface area contributed by atoms with Crippen LogP contribution in [0.15, 0.2) is 30.3 Å². The van der Waals surface area contributed by atoms with Gasteiger partial charge in [0.2, 0.25) is 0 Å². The van der Waals surface area contributed by atoms with Crippen molar-refractivity contribution in [3.8, 4) is 0 Å². The van der Waals surface area contributed by atoms with E-state index in [-0.39, 0.29) is 6.09 Å². The molecule has 1 aliphatic heterocycles. The molecule has 0 atom stereocenters. The summed E-state index contributed by atoms with van der Waals surface area (Å²) in [6, 6.07) is 9.73. The van der Waals surface area contributed by atoms with Gasteiger partial charge < -0.3 is 9.64 Å². The molecule has 1 aromatic rings. The number of amides is 1. The average molecular weight is 247 g/mol. The molecule has 0 saturated carbocycles.